The Hall–Kier alpha value is -0.320. The van der Waals surface area contributed by atoms with Gasteiger partial charge in [-0.25, -0.2) is 0 Å². The van der Waals surface area contributed by atoms with Crippen molar-refractivity contribution in [2.45, 2.75) is 12.5 Å². The summed E-state index contributed by atoms with van der Waals surface area (Å²) in [5, 5.41) is 0. The number of hydrogen-bond acceptors (Lipinski definition) is 4. The zero-order valence-electron chi connectivity index (χ0n) is 6.09. The van der Waals surface area contributed by atoms with E-state index in [1.165, 1.54) is 14.0 Å². The van der Waals surface area contributed by atoms with Crippen LogP contribution in [0.25, 0.3) is 0 Å². The topological polar surface area (TPSA) is 78.3 Å². The molecule has 4 nitrogen and oxygen atoms in total. The van der Waals surface area contributed by atoms with Gasteiger partial charge in [0.2, 0.25) is 0 Å². The molecule has 0 unspecified atom stereocenters. The number of methoxy groups -OCH3 is 1. The van der Waals surface area contributed by atoms with Gasteiger partial charge in [0.15, 0.2) is 0 Å². The molecule has 4 N–H and O–H groups in total. The van der Waals surface area contributed by atoms with Crippen LogP contribution in [0, 0.1) is 0 Å². The Morgan fingerprint density at radius 3 is 2.20 bits per heavy atom. The van der Waals surface area contributed by atoms with Gasteiger partial charge in [0, 0.05) is 6.54 Å². The first kappa shape index (κ1) is 12.4. The molecule has 0 bridgehead atoms. The van der Waals surface area contributed by atoms with Gasteiger partial charge in [-0.15, -0.1) is 12.4 Å². The second-order valence-corrected chi connectivity index (χ2v) is 2.11. The number of carbonyl (C=O) groups is 1. The van der Waals surface area contributed by atoms with E-state index in [1.807, 2.05) is 0 Å². The van der Waals surface area contributed by atoms with Crippen molar-refractivity contribution in [3.05, 3.63) is 0 Å². The maximum atomic E-state index is 10.6. The minimum Gasteiger partial charge on any atom is -0.468 e. The fraction of sp³-hybridized carbons (Fsp3) is 0.800. The standard InChI is InChI=1S/C5H12N2O2.ClH/c1-5(7,3-6)4(8)9-2;/h3,6-7H2,1-2H3;1H/t5-;/m0./s1. The van der Waals surface area contributed by atoms with Crippen LogP contribution in [-0.2, 0) is 9.53 Å². The summed E-state index contributed by atoms with van der Waals surface area (Å²) in [4.78, 5) is 10.6. The molecule has 0 aromatic carbocycles. The smallest absolute Gasteiger partial charge is 0.326 e. The van der Waals surface area contributed by atoms with Crippen LogP contribution in [0.15, 0.2) is 0 Å². The van der Waals surface area contributed by atoms with E-state index in [0.717, 1.165) is 0 Å². The van der Waals surface area contributed by atoms with Crippen LogP contribution < -0.4 is 11.5 Å². The van der Waals surface area contributed by atoms with Crippen molar-refractivity contribution in [2.75, 3.05) is 13.7 Å². The fourth-order valence-corrected chi connectivity index (χ4v) is 0.316. The van der Waals surface area contributed by atoms with Gasteiger partial charge in [0.05, 0.1) is 7.11 Å². The first-order valence-corrected chi connectivity index (χ1v) is 2.62. The van der Waals surface area contributed by atoms with E-state index in [4.69, 9.17) is 11.5 Å². The summed E-state index contributed by atoms with van der Waals surface area (Å²) in [5.41, 5.74) is 9.49. The lowest BCUT2D eigenvalue weighted by atomic mass is 10.1. The Morgan fingerprint density at radius 2 is 2.10 bits per heavy atom. The van der Waals surface area contributed by atoms with Crippen LogP contribution >= 0.6 is 12.4 Å². The van der Waals surface area contributed by atoms with Crippen molar-refractivity contribution in [3.63, 3.8) is 0 Å². The van der Waals surface area contributed by atoms with Crippen LogP contribution in [-0.4, -0.2) is 25.2 Å². The van der Waals surface area contributed by atoms with Gasteiger partial charge >= 0.3 is 5.97 Å². The molecule has 0 aliphatic carbocycles. The molecule has 0 amide bonds. The van der Waals surface area contributed by atoms with Gasteiger partial charge in [0.25, 0.3) is 0 Å². The molecule has 0 rings (SSSR count). The summed E-state index contributed by atoms with van der Waals surface area (Å²) < 4.78 is 4.36. The minimum absolute atomic E-state index is 0. The summed E-state index contributed by atoms with van der Waals surface area (Å²) >= 11 is 0. The number of esters is 1. The maximum Gasteiger partial charge on any atom is 0.326 e. The Balaban J connectivity index is 0. The third kappa shape index (κ3) is 3.00. The Morgan fingerprint density at radius 1 is 1.70 bits per heavy atom. The molecular weight excluding hydrogens is 156 g/mol. The van der Waals surface area contributed by atoms with Crippen molar-refractivity contribution < 1.29 is 9.53 Å². The van der Waals surface area contributed by atoms with E-state index in [-0.39, 0.29) is 19.0 Å². The monoisotopic (exact) mass is 168 g/mol. The van der Waals surface area contributed by atoms with Crippen molar-refractivity contribution in [3.8, 4) is 0 Å². The largest absolute Gasteiger partial charge is 0.468 e. The molecule has 0 heterocycles. The summed E-state index contributed by atoms with van der Waals surface area (Å²) in [7, 11) is 1.28. The number of halogens is 1. The summed E-state index contributed by atoms with van der Waals surface area (Å²) in [6.07, 6.45) is 0. The zero-order chi connectivity index (χ0) is 7.49. The summed E-state index contributed by atoms with van der Waals surface area (Å²) in [6.45, 7) is 1.62. The highest BCUT2D eigenvalue weighted by molar-refractivity contribution is 5.85. The number of rotatable bonds is 2. The average Bonchev–Trinajstić information content (AvgIpc) is 1.86. The van der Waals surface area contributed by atoms with E-state index in [9.17, 15) is 4.79 Å². The van der Waals surface area contributed by atoms with Crippen molar-refractivity contribution in [2.24, 2.45) is 11.5 Å². The van der Waals surface area contributed by atoms with Crippen LogP contribution in [0.5, 0.6) is 0 Å². The number of carbonyl (C=O) groups excluding carboxylic acids is 1. The highest BCUT2D eigenvalue weighted by atomic mass is 35.5. The van der Waals surface area contributed by atoms with Crippen LogP contribution in [0.1, 0.15) is 6.92 Å². The van der Waals surface area contributed by atoms with Crippen molar-refractivity contribution >= 4 is 18.4 Å². The Labute approximate surface area is 66.3 Å². The second kappa shape index (κ2) is 4.49. The average molecular weight is 169 g/mol. The quantitative estimate of drug-likeness (QED) is 0.533. The van der Waals surface area contributed by atoms with Gasteiger partial charge in [-0.1, -0.05) is 0 Å². The third-order valence-corrected chi connectivity index (χ3v) is 1.08. The van der Waals surface area contributed by atoms with Gasteiger partial charge in [0.1, 0.15) is 5.54 Å². The molecule has 1 atom stereocenters. The lowest BCUT2D eigenvalue weighted by Gasteiger charge is -2.17. The van der Waals surface area contributed by atoms with E-state index >= 15 is 0 Å². The van der Waals surface area contributed by atoms with Crippen LogP contribution in [0.2, 0.25) is 0 Å². The molecule has 10 heavy (non-hydrogen) atoms. The molecule has 0 aromatic heterocycles. The Kier molecular flexibility index (Phi) is 5.55. The van der Waals surface area contributed by atoms with Crippen molar-refractivity contribution in [1.29, 1.82) is 0 Å². The fourth-order valence-electron chi connectivity index (χ4n) is 0.316. The van der Waals surface area contributed by atoms with Crippen molar-refractivity contribution in [1.82, 2.24) is 0 Å². The summed E-state index contributed by atoms with van der Waals surface area (Å²) in [6, 6.07) is 0. The SMILES string of the molecule is COC(=O)[C@@](C)(N)CN.Cl. The summed E-state index contributed by atoms with van der Waals surface area (Å²) in [5.74, 6) is -0.481. The first-order chi connectivity index (χ1) is 4.04. The van der Waals surface area contributed by atoms with Gasteiger partial charge in [-0.3, -0.25) is 4.79 Å². The highest BCUT2D eigenvalue weighted by Gasteiger charge is 2.26. The predicted octanol–water partition coefficient (Wildman–Crippen LogP) is -0.743. The molecule has 0 fully saturated rings. The lowest BCUT2D eigenvalue weighted by Crippen LogP contribution is -2.51. The van der Waals surface area contributed by atoms with Gasteiger partial charge in [-0.05, 0) is 6.92 Å². The molecule has 0 aliphatic heterocycles. The maximum absolute atomic E-state index is 10.6. The minimum atomic E-state index is -1.03. The highest BCUT2D eigenvalue weighted by Crippen LogP contribution is 1.96. The zero-order valence-corrected chi connectivity index (χ0v) is 6.90. The van der Waals surface area contributed by atoms with E-state index in [0.29, 0.717) is 0 Å². The molecule has 0 aromatic rings. The Bertz CT molecular complexity index is 116. The molecule has 5 heteroatoms. The lowest BCUT2D eigenvalue weighted by molar-refractivity contribution is -0.145. The van der Waals surface area contributed by atoms with Crippen LogP contribution in [0.3, 0.4) is 0 Å². The predicted molar refractivity (Wildman–Crippen MR) is 40.9 cm³/mol. The number of ether oxygens (including phenoxy) is 1. The van der Waals surface area contributed by atoms with Crippen LogP contribution in [0.4, 0.5) is 0 Å². The van der Waals surface area contributed by atoms with E-state index in [1.54, 1.807) is 0 Å². The first-order valence-electron chi connectivity index (χ1n) is 2.62. The molecule has 0 aliphatic rings. The molecule has 62 valence electrons. The molecule has 0 saturated carbocycles. The van der Waals surface area contributed by atoms with E-state index in [2.05, 4.69) is 4.74 Å². The molecule has 0 saturated heterocycles. The molecular formula is C5H13ClN2O2. The normalized spacial score (nSPS) is 14.8. The third-order valence-electron chi connectivity index (χ3n) is 1.08. The van der Waals surface area contributed by atoms with Gasteiger partial charge in [-0.2, -0.15) is 0 Å². The molecule has 0 spiro atoms. The molecule has 0 radical (unpaired) electrons. The number of hydrogen-bond donors (Lipinski definition) is 2. The van der Waals surface area contributed by atoms with Gasteiger partial charge < -0.3 is 16.2 Å². The number of nitrogens with two attached hydrogens (primary N) is 2. The van der Waals surface area contributed by atoms with E-state index < -0.39 is 11.5 Å². The second-order valence-electron chi connectivity index (χ2n) is 2.11.